The number of aliphatic imine (C=N–C) groups is 1. The molecule has 5 rings (SSSR count). The van der Waals surface area contributed by atoms with E-state index in [-0.39, 0.29) is 11.9 Å². The molecule has 1 aliphatic rings. The lowest BCUT2D eigenvalue weighted by molar-refractivity contribution is 0.100. The van der Waals surface area contributed by atoms with E-state index in [1.807, 2.05) is 61.5 Å². The van der Waals surface area contributed by atoms with Crippen LogP contribution in [0.3, 0.4) is 0 Å². The van der Waals surface area contributed by atoms with Crippen LogP contribution in [0.4, 0.5) is 5.69 Å². The molecule has 0 saturated carbocycles. The van der Waals surface area contributed by atoms with Crippen LogP contribution in [0.5, 0.6) is 0 Å². The standard InChI is InChI=1S/C25H20ClN5OS/c1-17-16-33-25(28-17)31(21-11-9-19(26)10-12-21)24(32)22-15-30(20-7-3-2-4-8-20)29-23(22)18-6-5-13-27-14-18/h2-15,17H,16H2,1H3/t17-/m0/s1. The fraction of sp³-hybridized carbons (Fsp3) is 0.120. The highest BCUT2D eigenvalue weighted by molar-refractivity contribution is 8.14. The van der Waals surface area contributed by atoms with Crippen LogP contribution in [-0.2, 0) is 0 Å². The van der Waals surface area contributed by atoms with Crippen LogP contribution in [-0.4, -0.2) is 37.6 Å². The molecule has 1 amide bonds. The number of nitrogens with zero attached hydrogens (tertiary/aromatic N) is 5. The molecule has 0 spiro atoms. The number of para-hydroxylation sites is 1. The number of pyridine rings is 1. The third-order valence-corrected chi connectivity index (χ3v) is 6.61. The van der Waals surface area contributed by atoms with Gasteiger partial charge in [0.15, 0.2) is 5.17 Å². The van der Waals surface area contributed by atoms with Gasteiger partial charge < -0.3 is 0 Å². The average Bonchev–Trinajstić information content (AvgIpc) is 3.48. The summed E-state index contributed by atoms with van der Waals surface area (Å²) in [4.78, 5) is 24.7. The minimum absolute atomic E-state index is 0.137. The molecule has 164 valence electrons. The van der Waals surface area contributed by atoms with Crippen molar-refractivity contribution in [1.82, 2.24) is 14.8 Å². The van der Waals surface area contributed by atoms with Crippen molar-refractivity contribution in [2.45, 2.75) is 13.0 Å². The van der Waals surface area contributed by atoms with Gasteiger partial charge in [0.25, 0.3) is 5.91 Å². The lowest BCUT2D eigenvalue weighted by Crippen LogP contribution is -2.34. The number of rotatable bonds is 4. The Labute approximate surface area is 200 Å². The van der Waals surface area contributed by atoms with Crippen LogP contribution >= 0.6 is 23.4 Å². The molecule has 0 aliphatic carbocycles. The van der Waals surface area contributed by atoms with Gasteiger partial charge in [0, 0.05) is 34.9 Å². The SMILES string of the molecule is C[C@H]1CSC(N(C(=O)c2cn(-c3ccccc3)nc2-c2cccnc2)c2ccc(Cl)cc2)=N1. The molecular formula is C25H20ClN5OS. The Hall–Kier alpha value is -3.42. The maximum absolute atomic E-state index is 14.1. The van der Waals surface area contributed by atoms with E-state index < -0.39 is 0 Å². The van der Waals surface area contributed by atoms with E-state index in [9.17, 15) is 4.79 Å². The second kappa shape index (κ2) is 9.21. The summed E-state index contributed by atoms with van der Waals surface area (Å²) in [5.74, 6) is 0.615. The molecule has 0 N–H and O–H groups in total. The molecule has 2 aromatic heterocycles. The molecule has 0 fully saturated rings. The van der Waals surface area contributed by atoms with Crippen molar-refractivity contribution < 1.29 is 4.79 Å². The molecule has 33 heavy (non-hydrogen) atoms. The first kappa shape index (κ1) is 21.4. The smallest absolute Gasteiger partial charge is 0.268 e. The second-order valence-corrected chi connectivity index (χ2v) is 9.03. The summed E-state index contributed by atoms with van der Waals surface area (Å²) in [6, 6.07) is 20.8. The number of aromatic nitrogens is 3. The van der Waals surface area contributed by atoms with Crippen LogP contribution in [0.2, 0.25) is 5.02 Å². The molecule has 3 heterocycles. The van der Waals surface area contributed by atoms with Crippen LogP contribution in [0.1, 0.15) is 17.3 Å². The summed E-state index contributed by atoms with van der Waals surface area (Å²) in [5.41, 5.74) is 3.36. The van der Waals surface area contributed by atoms with Crippen molar-refractivity contribution in [1.29, 1.82) is 0 Å². The molecule has 1 atom stereocenters. The Balaban J connectivity index is 1.65. The van der Waals surface area contributed by atoms with Crippen molar-refractivity contribution in [3.8, 4) is 16.9 Å². The first-order valence-electron chi connectivity index (χ1n) is 10.5. The van der Waals surface area contributed by atoms with Gasteiger partial charge in [0.1, 0.15) is 5.69 Å². The summed E-state index contributed by atoms with van der Waals surface area (Å²) in [6.07, 6.45) is 5.18. The highest BCUT2D eigenvalue weighted by Crippen LogP contribution is 2.31. The van der Waals surface area contributed by atoms with Crippen molar-refractivity contribution in [3.63, 3.8) is 0 Å². The largest absolute Gasteiger partial charge is 0.268 e. The quantitative estimate of drug-likeness (QED) is 0.380. The number of halogens is 1. The van der Waals surface area contributed by atoms with Crippen molar-refractivity contribution >= 4 is 40.1 Å². The van der Waals surface area contributed by atoms with E-state index in [1.54, 1.807) is 52.1 Å². The van der Waals surface area contributed by atoms with Crippen LogP contribution in [0, 0.1) is 0 Å². The zero-order chi connectivity index (χ0) is 22.8. The van der Waals surface area contributed by atoms with Gasteiger partial charge in [-0.2, -0.15) is 5.10 Å². The van der Waals surface area contributed by atoms with Gasteiger partial charge in [-0.05, 0) is 55.5 Å². The second-order valence-electron chi connectivity index (χ2n) is 7.60. The number of benzene rings is 2. The number of hydrogen-bond acceptors (Lipinski definition) is 5. The highest BCUT2D eigenvalue weighted by atomic mass is 35.5. The Morgan fingerprint density at radius 2 is 1.88 bits per heavy atom. The predicted octanol–water partition coefficient (Wildman–Crippen LogP) is 5.73. The summed E-state index contributed by atoms with van der Waals surface area (Å²) >= 11 is 7.68. The lowest BCUT2D eigenvalue weighted by atomic mass is 10.1. The topological polar surface area (TPSA) is 63.4 Å². The zero-order valence-corrected chi connectivity index (χ0v) is 19.4. The van der Waals surface area contributed by atoms with E-state index in [1.165, 1.54) is 0 Å². The predicted molar refractivity (Wildman–Crippen MR) is 134 cm³/mol. The van der Waals surface area contributed by atoms with Crippen molar-refractivity contribution in [2.24, 2.45) is 4.99 Å². The monoisotopic (exact) mass is 473 g/mol. The number of thioether (sulfide) groups is 1. The Kier molecular flexibility index (Phi) is 5.98. The maximum Gasteiger partial charge on any atom is 0.268 e. The highest BCUT2D eigenvalue weighted by Gasteiger charge is 2.31. The van der Waals surface area contributed by atoms with E-state index in [0.717, 1.165) is 17.0 Å². The third kappa shape index (κ3) is 4.42. The van der Waals surface area contributed by atoms with Crippen LogP contribution in [0.15, 0.2) is 90.3 Å². The van der Waals surface area contributed by atoms with Gasteiger partial charge in [-0.3, -0.25) is 19.7 Å². The average molecular weight is 474 g/mol. The van der Waals surface area contributed by atoms with Gasteiger partial charge in [-0.1, -0.05) is 41.6 Å². The summed E-state index contributed by atoms with van der Waals surface area (Å²) in [6.45, 7) is 2.04. The normalized spacial score (nSPS) is 15.3. The summed E-state index contributed by atoms with van der Waals surface area (Å²) in [5, 5.41) is 6.04. The zero-order valence-electron chi connectivity index (χ0n) is 17.8. The summed E-state index contributed by atoms with van der Waals surface area (Å²) < 4.78 is 1.72. The minimum atomic E-state index is -0.210. The molecular weight excluding hydrogens is 454 g/mol. The van der Waals surface area contributed by atoms with Gasteiger partial charge in [-0.25, -0.2) is 4.68 Å². The summed E-state index contributed by atoms with van der Waals surface area (Å²) in [7, 11) is 0. The number of carbonyl (C=O) groups is 1. The maximum atomic E-state index is 14.1. The number of amides is 1. The molecule has 0 bridgehead atoms. The Bertz CT molecular complexity index is 1310. The minimum Gasteiger partial charge on any atom is -0.268 e. The Morgan fingerprint density at radius 1 is 1.09 bits per heavy atom. The van der Waals surface area contributed by atoms with Gasteiger partial charge >= 0.3 is 0 Å². The molecule has 8 heteroatoms. The lowest BCUT2D eigenvalue weighted by Gasteiger charge is -2.22. The van der Waals surface area contributed by atoms with E-state index in [4.69, 9.17) is 21.7 Å². The fourth-order valence-electron chi connectivity index (χ4n) is 3.57. The molecule has 0 saturated heterocycles. The number of anilines is 1. The fourth-order valence-corrected chi connectivity index (χ4v) is 4.73. The Morgan fingerprint density at radius 3 is 2.55 bits per heavy atom. The van der Waals surface area contributed by atoms with Gasteiger partial charge in [-0.15, -0.1) is 0 Å². The number of carbonyl (C=O) groups excluding carboxylic acids is 1. The molecule has 1 aliphatic heterocycles. The van der Waals surface area contributed by atoms with E-state index in [2.05, 4.69) is 4.98 Å². The molecule has 0 radical (unpaired) electrons. The molecule has 0 unspecified atom stereocenters. The van der Waals surface area contributed by atoms with Gasteiger partial charge in [0.05, 0.1) is 23.0 Å². The first-order chi connectivity index (χ1) is 16.1. The van der Waals surface area contributed by atoms with Crippen molar-refractivity contribution in [2.75, 3.05) is 10.7 Å². The van der Waals surface area contributed by atoms with Gasteiger partial charge in [0.2, 0.25) is 0 Å². The van der Waals surface area contributed by atoms with Crippen LogP contribution in [0.25, 0.3) is 16.9 Å². The van der Waals surface area contributed by atoms with Crippen molar-refractivity contribution in [3.05, 3.63) is 95.9 Å². The third-order valence-electron chi connectivity index (χ3n) is 5.16. The molecule has 4 aromatic rings. The van der Waals surface area contributed by atoms with Crippen LogP contribution < -0.4 is 4.90 Å². The first-order valence-corrected chi connectivity index (χ1v) is 11.8. The van der Waals surface area contributed by atoms with E-state index in [0.29, 0.717) is 27.1 Å². The number of amidine groups is 1. The van der Waals surface area contributed by atoms with E-state index >= 15 is 0 Å². The molecule has 6 nitrogen and oxygen atoms in total. The molecule has 2 aromatic carbocycles. The number of hydrogen-bond donors (Lipinski definition) is 0.